The molecule has 64 valence electrons. The molecule has 0 aromatic rings. The van der Waals surface area contributed by atoms with E-state index in [-0.39, 0.29) is 12.1 Å². The van der Waals surface area contributed by atoms with E-state index >= 15 is 0 Å². The molecule has 0 N–H and O–H groups in total. The highest BCUT2D eigenvalue weighted by atomic mass is 16.5. The van der Waals surface area contributed by atoms with Crippen molar-refractivity contribution in [2.45, 2.75) is 13.0 Å². The van der Waals surface area contributed by atoms with E-state index in [2.05, 4.69) is 4.74 Å². The molecule has 1 heterocycles. The van der Waals surface area contributed by atoms with E-state index in [4.69, 9.17) is 4.74 Å². The first kappa shape index (κ1) is 8.33. The van der Waals surface area contributed by atoms with Crippen LogP contribution in [-0.4, -0.2) is 43.9 Å². The maximum absolute atomic E-state index is 10.8. The number of methoxy groups -OCH3 is 1. The molecule has 0 aromatic carbocycles. The summed E-state index contributed by atoms with van der Waals surface area (Å²) in [4.78, 5) is 12.4. The normalized spacial score (nSPS) is 21.6. The van der Waals surface area contributed by atoms with Crippen LogP contribution >= 0.6 is 0 Å². The van der Waals surface area contributed by atoms with E-state index in [1.54, 1.807) is 4.90 Å². The van der Waals surface area contributed by atoms with Gasteiger partial charge < -0.3 is 9.47 Å². The summed E-state index contributed by atoms with van der Waals surface area (Å²) in [5, 5.41) is 0. The van der Waals surface area contributed by atoms with Gasteiger partial charge in [-0.1, -0.05) is 0 Å². The van der Waals surface area contributed by atoms with Crippen molar-refractivity contribution in [1.82, 2.24) is 4.90 Å². The van der Waals surface area contributed by atoms with Gasteiger partial charge in [-0.2, -0.15) is 0 Å². The van der Waals surface area contributed by atoms with Gasteiger partial charge in [0.15, 0.2) is 0 Å². The molecule has 1 aliphatic rings. The highest BCUT2D eigenvalue weighted by molar-refractivity contribution is 5.70. The summed E-state index contributed by atoms with van der Waals surface area (Å²) in [6.07, 6.45) is -0.255. The van der Waals surface area contributed by atoms with E-state index in [0.29, 0.717) is 13.2 Å². The average molecular weight is 159 g/mol. The molecular weight excluding hydrogens is 146 g/mol. The van der Waals surface area contributed by atoms with E-state index < -0.39 is 0 Å². The lowest BCUT2D eigenvalue weighted by molar-refractivity contribution is 0.125. The zero-order valence-electron chi connectivity index (χ0n) is 6.87. The van der Waals surface area contributed by atoms with Gasteiger partial charge >= 0.3 is 6.09 Å². The first-order valence-electron chi connectivity index (χ1n) is 3.72. The zero-order chi connectivity index (χ0) is 8.27. The number of carbonyl (C=O) groups is 1. The molecule has 0 radical (unpaired) electrons. The molecule has 0 spiro atoms. The van der Waals surface area contributed by atoms with Crippen LogP contribution in [0.3, 0.4) is 0 Å². The highest BCUT2D eigenvalue weighted by Gasteiger charge is 2.39. The number of ether oxygens (including phenoxy) is 2. The molecule has 1 saturated heterocycles. The molecule has 1 unspecified atom stereocenters. The Bertz CT molecular complexity index is 149. The molecule has 4 nitrogen and oxygen atoms in total. The van der Waals surface area contributed by atoms with Gasteiger partial charge in [0.1, 0.15) is 0 Å². The molecular formula is C7H13NO3. The second-order valence-electron chi connectivity index (χ2n) is 2.44. The Morgan fingerprint density at radius 2 is 2.45 bits per heavy atom. The Kier molecular flexibility index (Phi) is 2.70. The van der Waals surface area contributed by atoms with Crippen molar-refractivity contribution in [2.24, 2.45) is 0 Å². The molecule has 0 aromatic heterocycles. The smallest absolute Gasteiger partial charge is 0.409 e. The van der Waals surface area contributed by atoms with Crippen molar-refractivity contribution in [1.29, 1.82) is 0 Å². The fraction of sp³-hybridized carbons (Fsp3) is 0.857. The minimum atomic E-state index is -0.255. The maximum Gasteiger partial charge on any atom is 0.409 e. The average Bonchev–Trinajstić information content (AvgIpc) is 2.78. The quantitative estimate of drug-likeness (QED) is 0.562. The number of carbonyl (C=O) groups excluding carboxylic acids is 1. The lowest BCUT2D eigenvalue weighted by Crippen LogP contribution is -2.15. The Morgan fingerprint density at radius 1 is 1.73 bits per heavy atom. The fourth-order valence-electron chi connectivity index (χ4n) is 0.917. The summed E-state index contributed by atoms with van der Waals surface area (Å²) in [5.74, 6) is 0. The predicted octanol–water partition coefficient (Wildman–Crippen LogP) is 0.474. The first-order chi connectivity index (χ1) is 5.29. The summed E-state index contributed by atoms with van der Waals surface area (Å²) in [6.45, 7) is 4.04. The van der Waals surface area contributed by atoms with Crippen LogP contribution in [0, 0.1) is 0 Å². The van der Waals surface area contributed by atoms with E-state index in [9.17, 15) is 4.79 Å². The Labute approximate surface area is 66.1 Å². The summed E-state index contributed by atoms with van der Waals surface area (Å²) in [6, 6.07) is 0.252. The molecule has 4 heteroatoms. The molecule has 0 bridgehead atoms. The molecule has 1 aliphatic heterocycles. The van der Waals surface area contributed by atoms with E-state index in [1.807, 2.05) is 6.92 Å². The zero-order valence-corrected chi connectivity index (χ0v) is 6.87. The summed E-state index contributed by atoms with van der Waals surface area (Å²) >= 11 is 0. The molecule has 0 saturated carbocycles. The standard InChI is InChI=1S/C7H13NO3/c1-3-11-5-6-4-8(6)7(9)10-2/h6H,3-5H2,1-2H3. The van der Waals surface area contributed by atoms with Gasteiger partial charge in [0.2, 0.25) is 0 Å². The van der Waals surface area contributed by atoms with Gasteiger partial charge in [-0.3, -0.25) is 4.90 Å². The van der Waals surface area contributed by atoms with Crippen LogP contribution in [0.5, 0.6) is 0 Å². The molecule has 11 heavy (non-hydrogen) atoms. The lowest BCUT2D eigenvalue weighted by Gasteiger charge is -2.01. The Hall–Kier alpha value is -0.770. The van der Waals surface area contributed by atoms with Gasteiger partial charge in [0.25, 0.3) is 0 Å². The van der Waals surface area contributed by atoms with Crippen LogP contribution in [0.2, 0.25) is 0 Å². The third kappa shape index (κ3) is 2.08. The van der Waals surface area contributed by atoms with Crippen molar-refractivity contribution in [2.75, 3.05) is 26.9 Å². The minimum absolute atomic E-state index is 0.252. The summed E-state index contributed by atoms with van der Waals surface area (Å²) in [5.41, 5.74) is 0. The number of hydrogen-bond donors (Lipinski definition) is 0. The van der Waals surface area contributed by atoms with E-state index in [1.165, 1.54) is 7.11 Å². The van der Waals surface area contributed by atoms with Crippen LogP contribution in [-0.2, 0) is 9.47 Å². The van der Waals surface area contributed by atoms with Crippen molar-refractivity contribution in [3.8, 4) is 0 Å². The predicted molar refractivity (Wildman–Crippen MR) is 39.4 cm³/mol. The third-order valence-electron chi connectivity index (χ3n) is 1.64. The molecule has 1 atom stereocenters. The van der Waals surface area contributed by atoms with Gasteiger partial charge in [-0.15, -0.1) is 0 Å². The summed E-state index contributed by atoms with van der Waals surface area (Å²) < 4.78 is 9.65. The van der Waals surface area contributed by atoms with Crippen LogP contribution < -0.4 is 0 Å². The van der Waals surface area contributed by atoms with Crippen molar-refractivity contribution in [3.63, 3.8) is 0 Å². The maximum atomic E-state index is 10.8. The lowest BCUT2D eigenvalue weighted by atomic mass is 10.5. The Morgan fingerprint density at radius 3 is 3.00 bits per heavy atom. The first-order valence-corrected chi connectivity index (χ1v) is 3.72. The van der Waals surface area contributed by atoms with Crippen LogP contribution in [0.25, 0.3) is 0 Å². The molecule has 1 rings (SSSR count). The second kappa shape index (κ2) is 3.57. The number of rotatable bonds is 3. The van der Waals surface area contributed by atoms with Gasteiger partial charge in [-0.05, 0) is 6.92 Å². The molecule has 0 aliphatic carbocycles. The Balaban J connectivity index is 2.11. The second-order valence-corrected chi connectivity index (χ2v) is 2.44. The van der Waals surface area contributed by atoms with Crippen LogP contribution in [0.15, 0.2) is 0 Å². The van der Waals surface area contributed by atoms with Gasteiger partial charge in [0, 0.05) is 13.2 Å². The SMILES string of the molecule is CCOCC1CN1C(=O)OC. The topological polar surface area (TPSA) is 38.5 Å². The number of nitrogens with zero attached hydrogens (tertiary/aromatic N) is 1. The van der Waals surface area contributed by atoms with Crippen LogP contribution in [0.1, 0.15) is 6.92 Å². The summed E-state index contributed by atoms with van der Waals surface area (Å²) in [7, 11) is 1.39. The van der Waals surface area contributed by atoms with E-state index in [0.717, 1.165) is 6.54 Å². The fourth-order valence-corrected chi connectivity index (χ4v) is 0.917. The van der Waals surface area contributed by atoms with Crippen molar-refractivity contribution in [3.05, 3.63) is 0 Å². The largest absolute Gasteiger partial charge is 0.453 e. The van der Waals surface area contributed by atoms with Crippen molar-refractivity contribution < 1.29 is 14.3 Å². The number of amides is 1. The van der Waals surface area contributed by atoms with Crippen LogP contribution in [0.4, 0.5) is 4.79 Å². The molecule has 1 amide bonds. The van der Waals surface area contributed by atoms with Crippen molar-refractivity contribution >= 4 is 6.09 Å². The number of hydrogen-bond acceptors (Lipinski definition) is 3. The minimum Gasteiger partial charge on any atom is -0.453 e. The molecule has 1 fully saturated rings. The van der Waals surface area contributed by atoms with Gasteiger partial charge in [-0.25, -0.2) is 4.79 Å². The third-order valence-corrected chi connectivity index (χ3v) is 1.64. The monoisotopic (exact) mass is 159 g/mol. The van der Waals surface area contributed by atoms with Gasteiger partial charge in [0.05, 0.1) is 19.8 Å². The highest BCUT2D eigenvalue weighted by Crippen LogP contribution is 2.18.